The fraction of sp³-hybridized carbons (Fsp3) is 1.00. The van der Waals surface area contributed by atoms with Crippen molar-refractivity contribution in [3.05, 3.63) is 0 Å². The lowest BCUT2D eigenvalue weighted by molar-refractivity contribution is 0.264. The van der Waals surface area contributed by atoms with Gasteiger partial charge in [-0.1, -0.05) is 65.2 Å². The van der Waals surface area contributed by atoms with E-state index in [0.29, 0.717) is 0 Å². The van der Waals surface area contributed by atoms with E-state index in [9.17, 15) is 0 Å². The Labute approximate surface area is 84.1 Å². The largest absolute Gasteiger partial charge is 0.0654 e. The van der Waals surface area contributed by atoms with Crippen LogP contribution < -0.4 is 0 Å². The minimum atomic E-state index is 1.02. The van der Waals surface area contributed by atoms with Crippen molar-refractivity contribution in [2.45, 2.75) is 71.6 Å². The topological polar surface area (TPSA) is 0 Å². The molecule has 2 atom stereocenters. The fourth-order valence-electron chi connectivity index (χ4n) is 2.68. The van der Waals surface area contributed by atoms with Crippen molar-refractivity contribution in [1.82, 2.24) is 0 Å². The Kier molecular flexibility index (Phi) is 5.50. The van der Waals surface area contributed by atoms with Crippen LogP contribution in [-0.4, -0.2) is 0 Å². The molecular formula is C13H26. The third-order valence-electron chi connectivity index (χ3n) is 3.51. The molecule has 0 bridgehead atoms. The summed E-state index contributed by atoms with van der Waals surface area (Å²) in [5, 5.41) is 0. The molecule has 1 rings (SSSR count). The Bertz CT molecular complexity index is 117. The van der Waals surface area contributed by atoms with Gasteiger partial charge in [0.05, 0.1) is 0 Å². The number of unbranched alkanes of at least 4 members (excludes halogenated alkanes) is 3. The average molecular weight is 182 g/mol. The molecule has 0 heteroatoms. The quantitative estimate of drug-likeness (QED) is 0.537. The van der Waals surface area contributed by atoms with Crippen LogP contribution in [0.2, 0.25) is 0 Å². The van der Waals surface area contributed by atoms with E-state index in [2.05, 4.69) is 13.8 Å². The lowest BCUT2D eigenvalue weighted by atomic mass is 9.80. The van der Waals surface area contributed by atoms with Crippen LogP contribution in [0.4, 0.5) is 0 Å². The van der Waals surface area contributed by atoms with Crippen LogP contribution in [0.15, 0.2) is 0 Å². The zero-order valence-electron chi connectivity index (χ0n) is 9.52. The summed E-state index contributed by atoms with van der Waals surface area (Å²) in [5.41, 5.74) is 0. The van der Waals surface area contributed by atoms with Gasteiger partial charge in [0.2, 0.25) is 0 Å². The first kappa shape index (κ1) is 11.1. The van der Waals surface area contributed by atoms with E-state index in [-0.39, 0.29) is 0 Å². The normalized spacial score (nSPS) is 29.1. The van der Waals surface area contributed by atoms with Crippen molar-refractivity contribution in [2.75, 3.05) is 0 Å². The molecular weight excluding hydrogens is 156 g/mol. The second-order valence-electron chi connectivity index (χ2n) is 4.99. The summed E-state index contributed by atoms with van der Waals surface area (Å²) < 4.78 is 0. The Morgan fingerprint density at radius 1 is 1.08 bits per heavy atom. The van der Waals surface area contributed by atoms with E-state index < -0.39 is 0 Å². The maximum Gasteiger partial charge on any atom is -0.0412 e. The smallest absolute Gasteiger partial charge is 0.0412 e. The van der Waals surface area contributed by atoms with E-state index in [4.69, 9.17) is 0 Å². The maximum absolute atomic E-state index is 2.43. The first-order chi connectivity index (χ1) is 6.33. The van der Waals surface area contributed by atoms with Crippen LogP contribution in [0.3, 0.4) is 0 Å². The zero-order valence-corrected chi connectivity index (χ0v) is 9.52. The molecule has 1 saturated carbocycles. The summed E-state index contributed by atoms with van der Waals surface area (Å²) in [6, 6.07) is 0. The van der Waals surface area contributed by atoms with Gasteiger partial charge in [0.1, 0.15) is 0 Å². The average Bonchev–Trinajstić information content (AvgIpc) is 2.13. The first-order valence-electron chi connectivity index (χ1n) is 6.33. The van der Waals surface area contributed by atoms with E-state index in [1.54, 1.807) is 0 Å². The minimum Gasteiger partial charge on any atom is -0.0654 e. The van der Waals surface area contributed by atoms with E-state index in [0.717, 1.165) is 11.8 Å². The molecule has 0 amide bonds. The molecule has 1 aliphatic rings. The molecule has 0 aromatic heterocycles. The Hall–Kier alpha value is 0. The molecule has 0 aliphatic heterocycles. The molecule has 78 valence electrons. The van der Waals surface area contributed by atoms with Gasteiger partial charge in [-0.15, -0.1) is 0 Å². The van der Waals surface area contributed by atoms with Crippen molar-refractivity contribution in [2.24, 2.45) is 11.8 Å². The van der Waals surface area contributed by atoms with Crippen LogP contribution in [0.1, 0.15) is 71.6 Å². The third kappa shape index (κ3) is 4.69. The molecule has 2 unspecified atom stereocenters. The van der Waals surface area contributed by atoms with Crippen LogP contribution >= 0.6 is 0 Å². The van der Waals surface area contributed by atoms with Crippen molar-refractivity contribution in [3.8, 4) is 0 Å². The second kappa shape index (κ2) is 6.45. The molecule has 0 saturated heterocycles. The monoisotopic (exact) mass is 182 g/mol. The maximum atomic E-state index is 2.43. The SMILES string of the molecule is CCCCCCC1CCCC(C)C1. The Balaban J connectivity index is 2.00. The Morgan fingerprint density at radius 2 is 1.92 bits per heavy atom. The van der Waals surface area contributed by atoms with Crippen molar-refractivity contribution in [1.29, 1.82) is 0 Å². The van der Waals surface area contributed by atoms with Crippen molar-refractivity contribution < 1.29 is 0 Å². The Morgan fingerprint density at radius 3 is 2.62 bits per heavy atom. The lowest BCUT2D eigenvalue weighted by Gasteiger charge is -2.26. The van der Waals surface area contributed by atoms with Crippen molar-refractivity contribution >= 4 is 0 Å². The van der Waals surface area contributed by atoms with Gasteiger partial charge in [-0.3, -0.25) is 0 Å². The highest BCUT2D eigenvalue weighted by atomic mass is 14.2. The van der Waals surface area contributed by atoms with Crippen LogP contribution in [0.25, 0.3) is 0 Å². The molecule has 0 aromatic rings. The fourth-order valence-corrected chi connectivity index (χ4v) is 2.68. The summed E-state index contributed by atoms with van der Waals surface area (Å²) in [7, 11) is 0. The van der Waals surface area contributed by atoms with Gasteiger partial charge in [0, 0.05) is 0 Å². The van der Waals surface area contributed by atoms with E-state index in [1.165, 1.54) is 57.8 Å². The van der Waals surface area contributed by atoms with Gasteiger partial charge in [-0.25, -0.2) is 0 Å². The summed E-state index contributed by atoms with van der Waals surface area (Å²) >= 11 is 0. The zero-order chi connectivity index (χ0) is 9.52. The van der Waals surface area contributed by atoms with Gasteiger partial charge < -0.3 is 0 Å². The molecule has 0 N–H and O–H groups in total. The predicted molar refractivity (Wildman–Crippen MR) is 59.9 cm³/mol. The van der Waals surface area contributed by atoms with Gasteiger partial charge in [-0.2, -0.15) is 0 Å². The van der Waals surface area contributed by atoms with Crippen LogP contribution in [0.5, 0.6) is 0 Å². The molecule has 1 fully saturated rings. The molecule has 13 heavy (non-hydrogen) atoms. The van der Waals surface area contributed by atoms with E-state index >= 15 is 0 Å². The number of rotatable bonds is 5. The first-order valence-corrected chi connectivity index (χ1v) is 6.33. The predicted octanol–water partition coefficient (Wildman–Crippen LogP) is 4.78. The summed E-state index contributed by atoms with van der Waals surface area (Å²) in [5.74, 6) is 2.10. The van der Waals surface area contributed by atoms with Gasteiger partial charge in [-0.05, 0) is 18.3 Å². The van der Waals surface area contributed by atoms with Crippen LogP contribution in [0, 0.1) is 11.8 Å². The summed E-state index contributed by atoms with van der Waals surface area (Å²) in [6.07, 6.45) is 13.3. The molecule has 0 radical (unpaired) electrons. The van der Waals surface area contributed by atoms with Gasteiger partial charge in [0.15, 0.2) is 0 Å². The lowest BCUT2D eigenvalue weighted by Crippen LogP contribution is -2.12. The van der Waals surface area contributed by atoms with Gasteiger partial charge >= 0.3 is 0 Å². The van der Waals surface area contributed by atoms with E-state index in [1.807, 2.05) is 0 Å². The van der Waals surface area contributed by atoms with Crippen LogP contribution in [-0.2, 0) is 0 Å². The van der Waals surface area contributed by atoms with Crippen molar-refractivity contribution in [3.63, 3.8) is 0 Å². The highest BCUT2D eigenvalue weighted by molar-refractivity contribution is 4.70. The highest BCUT2D eigenvalue weighted by Gasteiger charge is 2.17. The van der Waals surface area contributed by atoms with Gasteiger partial charge in [0.25, 0.3) is 0 Å². The molecule has 0 heterocycles. The minimum absolute atomic E-state index is 1.02. The molecule has 0 aromatic carbocycles. The number of hydrogen-bond acceptors (Lipinski definition) is 0. The standard InChI is InChI=1S/C13H26/c1-3-4-5-6-9-13-10-7-8-12(2)11-13/h12-13H,3-11H2,1-2H3. The number of hydrogen-bond donors (Lipinski definition) is 0. The molecule has 0 nitrogen and oxygen atoms in total. The second-order valence-corrected chi connectivity index (χ2v) is 4.99. The summed E-state index contributed by atoms with van der Waals surface area (Å²) in [6.45, 7) is 4.72. The third-order valence-corrected chi connectivity index (χ3v) is 3.51. The molecule has 0 spiro atoms. The highest BCUT2D eigenvalue weighted by Crippen LogP contribution is 2.31. The summed E-state index contributed by atoms with van der Waals surface area (Å²) in [4.78, 5) is 0. The molecule has 1 aliphatic carbocycles.